The zero-order valence-electron chi connectivity index (χ0n) is 12.5. The van der Waals surface area contributed by atoms with Gasteiger partial charge in [0.2, 0.25) is 0 Å². The Bertz CT molecular complexity index is 509. The first kappa shape index (κ1) is 15.1. The molecule has 108 valence electrons. The summed E-state index contributed by atoms with van der Waals surface area (Å²) in [6, 6.07) is 10.8. The Labute approximate surface area is 125 Å². The van der Waals surface area contributed by atoms with Crippen molar-refractivity contribution in [3.63, 3.8) is 0 Å². The average Bonchev–Trinajstić information content (AvgIpc) is 2.98. The Morgan fingerprint density at radius 3 is 2.45 bits per heavy atom. The number of rotatable bonds is 7. The minimum absolute atomic E-state index is 0.311. The summed E-state index contributed by atoms with van der Waals surface area (Å²) in [5.74, 6) is 0.311. The first-order valence-electron chi connectivity index (χ1n) is 7.37. The van der Waals surface area contributed by atoms with Gasteiger partial charge in [0.1, 0.15) is 10.0 Å². The van der Waals surface area contributed by atoms with Crippen molar-refractivity contribution in [3.8, 4) is 0 Å². The number of hydrogen-bond donors (Lipinski definition) is 1. The van der Waals surface area contributed by atoms with Gasteiger partial charge in [-0.1, -0.05) is 62.4 Å². The molecule has 2 rings (SSSR count). The lowest BCUT2D eigenvalue weighted by molar-refractivity contribution is 0.512. The molecule has 0 fully saturated rings. The van der Waals surface area contributed by atoms with Crippen molar-refractivity contribution < 1.29 is 0 Å². The fourth-order valence-electron chi connectivity index (χ4n) is 2.17. The summed E-state index contributed by atoms with van der Waals surface area (Å²) in [5, 5.41) is 14.5. The van der Waals surface area contributed by atoms with Gasteiger partial charge in [-0.25, -0.2) is 0 Å². The fourth-order valence-corrected chi connectivity index (χ4v) is 3.25. The van der Waals surface area contributed by atoms with Crippen LogP contribution in [0.3, 0.4) is 0 Å². The summed E-state index contributed by atoms with van der Waals surface area (Å²) in [5.41, 5.74) is 1.30. The van der Waals surface area contributed by atoms with Crippen LogP contribution in [0.25, 0.3) is 0 Å². The molecule has 3 nitrogen and oxygen atoms in total. The Kier molecular flexibility index (Phi) is 5.68. The zero-order chi connectivity index (χ0) is 14.4. The molecule has 1 aromatic heterocycles. The van der Waals surface area contributed by atoms with Gasteiger partial charge in [-0.3, -0.25) is 0 Å². The maximum absolute atomic E-state index is 4.40. The summed E-state index contributed by atoms with van der Waals surface area (Å²) in [6.45, 7) is 7.60. The molecule has 0 saturated carbocycles. The van der Waals surface area contributed by atoms with Crippen molar-refractivity contribution in [2.45, 2.75) is 45.6 Å². The second-order valence-corrected chi connectivity index (χ2v) is 6.07. The Balaban J connectivity index is 2.11. The van der Waals surface area contributed by atoms with Crippen LogP contribution in [0.15, 0.2) is 30.3 Å². The van der Waals surface area contributed by atoms with Crippen LogP contribution in [-0.2, 0) is 0 Å². The topological polar surface area (TPSA) is 37.8 Å². The van der Waals surface area contributed by atoms with E-state index in [-0.39, 0.29) is 0 Å². The van der Waals surface area contributed by atoms with Crippen molar-refractivity contribution in [3.05, 3.63) is 45.9 Å². The first-order valence-corrected chi connectivity index (χ1v) is 8.19. The van der Waals surface area contributed by atoms with E-state index >= 15 is 0 Å². The number of benzene rings is 1. The van der Waals surface area contributed by atoms with Gasteiger partial charge in [0.05, 0.1) is 6.04 Å². The third kappa shape index (κ3) is 3.64. The molecule has 1 N–H and O–H groups in total. The summed E-state index contributed by atoms with van der Waals surface area (Å²) >= 11 is 1.73. The summed E-state index contributed by atoms with van der Waals surface area (Å²) < 4.78 is 0. The van der Waals surface area contributed by atoms with E-state index in [1.54, 1.807) is 11.3 Å². The molecule has 2 unspecified atom stereocenters. The van der Waals surface area contributed by atoms with E-state index in [9.17, 15) is 0 Å². The molecule has 20 heavy (non-hydrogen) atoms. The van der Waals surface area contributed by atoms with Crippen LogP contribution in [0.4, 0.5) is 0 Å². The normalized spacial score (nSPS) is 14.2. The van der Waals surface area contributed by atoms with Crippen LogP contribution in [0.2, 0.25) is 0 Å². The largest absolute Gasteiger partial charge is 0.308 e. The monoisotopic (exact) mass is 289 g/mol. The second-order valence-electron chi connectivity index (χ2n) is 5.03. The lowest BCUT2D eigenvalue weighted by atomic mass is 10.0. The molecule has 0 bridgehead atoms. The average molecular weight is 289 g/mol. The highest BCUT2D eigenvalue weighted by molar-refractivity contribution is 7.11. The molecule has 0 aliphatic carbocycles. The molecule has 0 saturated heterocycles. The molecule has 0 spiro atoms. The highest BCUT2D eigenvalue weighted by atomic mass is 32.1. The van der Waals surface area contributed by atoms with Crippen molar-refractivity contribution in [2.24, 2.45) is 0 Å². The van der Waals surface area contributed by atoms with Gasteiger partial charge in [-0.15, -0.1) is 10.2 Å². The standard InChI is InChI=1S/C16H23N3S/c1-4-11-17-14(5-2)16-19-18-15(20-16)12(3)13-9-7-6-8-10-13/h6-10,12,14,17H,4-5,11H2,1-3H3. The van der Waals surface area contributed by atoms with E-state index in [1.165, 1.54) is 5.56 Å². The zero-order valence-corrected chi connectivity index (χ0v) is 13.3. The third-order valence-electron chi connectivity index (χ3n) is 3.47. The molecular formula is C16H23N3S. The highest BCUT2D eigenvalue weighted by Gasteiger charge is 2.18. The predicted molar refractivity (Wildman–Crippen MR) is 85.2 cm³/mol. The van der Waals surface area contributed by atoms with E-state index < -0.39 is 0 Å². The van der Waals surface area contributed by atoms with Gasteiger partial charge >= 0.3 is 0 Å². The van der Waals surface area contributed by atoms with Crippen LogP contribution in [0, 0.1) is 0 Å². The van der Waals surface area contributed by atoms with Crippen LogP contribution < -0.4 is 5.32 Å². The van der Waals surface area contributed by atoms with Crippen molar-refractivity contribution >= 4 is 11.3 Å². The lowest BCUT2D eigenvalue weighted by Gasteiger charge is -2.12. The van der Waals surface area contributed by atoms with E-state index in [0.29, 0.717) is 12.0 Å². The molecule has 4 heteroatoms. The number of nitrogens with one attached hydrogen (secondary N) is 1. The van der Waals surface area contributed by atoms with Gasteiger partial charge in [0, 0.05) is 5.92 Å². The quantitative estimate of drug-likeness (QED) is 0.832. The molecule has 1 heterocycles. The van der Waals surface area contributed by atoms with Crippen LogP contribution in [-0.4, -0.2) is 16.7 Å². The summed E-state index contributed by atoms with van der Waals surface area (Å²) in [6.07, 6.45) is 2.19. The van der Waals surface area contributed by atoms with Crippen LogP contribution >= 0.6 is 11.3 Å². The van der Waals surface area contributed by atoms with Crippen LogP contribution in [0.5, 0.6) is 0 Å². The van der Waals surface area contributed by atoms with Crippen molar-refractivity contribution in [1.29, 1.82) is 0 Å². The van der Waals surface area contributed by atoms with Gasteiger partial charge in [-0.2, -0.15) is 0 Å². The molecular weight excluding hydrogens is 266 g/mol. The van der Waals surface area contributed by atoms with E-state index in [2.05, 4.69) is 60.6 Å². The molecule has 0 aliphatic rings. The second kappa shape index (κ2) is 7.50. The van der Waals surface area contributed by atoms with Gasteiger partial charge < -0.3 is 5.32 Å². The minimum atomic E-state index is 0.311. The SMILES string of the molecule is CCCNC(CC)c1nnc(C(C)c2ccccc2)s1. The molecule has 0 aliphatic heterocycles. The number of aromatic nitrogens is 2. The summed E-state index contributed by atoms with van der Waals surface area (Å²) in [4.78, 5) is 0. The third-order valence-corrected chi connectivity index (χ3v) is 4.69. The maximum atomic E-state index is 4.40. The number of nitrogens with zero attached hydrogens (tertiary/aromatic N) is 2. The Morgan fingerprint density at radius 2 is 1.80 bits per heavy atom. The van der Waals surface area contributed by atoms with E-state index in [1.807, 2.05) is 6.07 Å². The Morgan fingerprint density at radius 1 is 1.10 bits per heavy atom. The lowest BCUT2D eigenvalue weighted by Crippen LogP contribution is -2.21. The molecule has 2 aromatic rings. The highest BCUT2D eigenvalue weighted by Crippen LogP contribution is 2.29. The maximum Gasteiger partial charge on any atom is 0.134 e. The molecule has 0 amide bonds. The summed E-state index contributed by atoms with van der Waals surface area (Å²) in [7, 11) is 0. The predicted octanol–water partition coefficient (Wildman–Crippen LogP) is 4.14. The molecule has 1 aromatic carbocycles. The minimum Gasteiger partial charge on any atom is -0.308 e. The Hall–Kier alpha value is -1.26. The molecule has 0 radical (unpaired) electrons. The van der Waals surface area contributed by atoms with Gasteiger partial charge in [-0.05, 0) is 24.9 Å². The van der Waals surface area contributed by atoms with Crippen LogP contribution in [0.1, 0.15) is 61.2 Å². The van der Waals surface area contributed by atoms with Crippen molar-refractivity contribution in [1.82, 2.24) is 15.5 Å². The van der Waals surface area contributed by atoms with Gasteiger partial charge in [0.15, 0.2) is 0 Å². The number of hydrogen-bond acceptors (Lipinski definition) is 4. The van der Waals surface area contributed by atoms with E-state index in [0.717, 1.165) is 29.4 Å². The molecule has 2 atom stereocenters. The van der Waals surface area contributed by atoms with Gasteiger partial charge in [0.25, 0.3) is 0 Å². The fraction of sp³-hybridized carbons (Fsp3) is 0.500. The van der Waals surface area contributed by atoms with E-state index in [4.69, 9.17) is 0 Å². The first-order chi connectivity index (χ1) is 9.76. The van der Waals surface area contributed by atoms with Crippen molar-refractivity contribution in [2.75, 3.05) is 6.54 Å². The smallest absolute Gasteiger partial charge is 0.134 e.